The first-order valence-corrected chi connectivity index (χ1v) is 12.6. The molecule has 194 valence electrons. The summed E-state index contributed by atoms with van der Waals surface area (Å²) in [6.45, 7) is 1.01. The molecule has 3 aliphatic heterocycles. The molecule has 2 N–H and O–H groups in total. The number of morpholine rings is 1. The third kappa shape index (κ3) is 5.07. The van der Waals surface area contributed by atoms with Crippen LogP contribution in [0.3, 0.4) is 0 Å². The lowest BCUT2D eigenvalue weighted by Crippen LogP contribution is -2.59. The Hall–Kier alpha value is -3.40. The minimum atomic E-state index is -1.19. The fourth-order valence-electron chi connectivity index (χ4n) is 5.14. The Bertz CT molecular complexity index is 1270. The van der Waals surface area contributed by atoms with E-state index in [-0.39, 0.29) is 24.2 Å². The van der Waals surface area contributed by atoms with Crippen LogP contribution >= 0.6 is 11.3 Å². The topological polar surface area (TPSA) is 113 Å². The Labute approximate surface area is 215 Å². The van der Waals surface area contributed by atoms with Gasteiger partial charge < -0.3 is 19.9 Å². The molecule has 2 bridgehead atoms. The first-order valence-electron chi connectivity index (χ1n) is 11.7. The lowest BCUT2D eigenvalue weighted by atomic mass is 9.84. The van der Waals surface area contributed by atoms with Gasteiger partial charge in [-0.15, -0.1) is 11.3 Å². The number of carboxylic acid groups (broad SMARTS) is 1. The zero-order chi connectivity index (χ0) is 26.1. The summed E-state index contributed by atoms with van der Waals surface area (Å²) in [6, 6.07) is -1.24. The first-order chi connectivity index (χ1) is 17.9. The first kappa shape index (κ1) is 25.3. The molecule has 9 nitrogen and oxygen atoms in total. The van der Waals surface area contributed by atoms with Crippen molar-refractivity contribution >= 4 is 29.1 Å². The van der Waals surface area contributed by atoms with Crippen molar-refractivity contribution in [3.63, 3.8) is 0 Å². The Morgan fingerprint density at radius 1 is 1.32 bits per heavy atom. The van der Waals surface area contributed by atoms with Gasteiger partial charge in [-0.3, -0.25) is 14.7 Å². The van der Waals surface area contributed by atoms with Gasteiger partial charge in [-0.1, -0.05) is 12.0 Å². The van der Waals surface area contributed by atoms with Gasteiger partial charge in [0, 0.05) is 35.9 Å². The smallest absolute Gasteiger partial charge is 0.337 e. The monoisotopic (exact) mass is 530 g/mol. The number of amidine groups is 1. The normalized spacial score (nSPS) is 29.6. The molecule has 4 atom stereocenters. The minimum Gasteiger partial charge on any atom is -0.481 e. The number of aromatic nitrogens is 1. The van der Waals surface area contributed by atoms with Crippen molar-refractivity contribution in [2.45, 2.75) is 31.0 Å². The number of carboxylic acids is 1. The van der Waals surface area contributed by atoms with Crippen LogP contribution in [0.15, 0.2) is 51.6 Å². The molecule has 2 fully saturated rings. The molecule has 0 amide bonds. The van der Waals surface area contributed by atoms with Crippen molar-refractivity contribution in [1.82, 2.24) is 15.2 Å². The minimum absolute atomic E-state index is 0.160. The summed E-state index contributed by atoms with van der Waals surface area (Å²) in [5, 5.41) is 15.2. The molecule has 12 heteroatoms. The molecule has 1 aromatic heterocycles. The average molecular weight is 531 g/mol. The number of carbonyl (C=O) groups is 2. The number of esters is 1. The molecule has 2 saturated heterocycles. The number of ether oxygens (including phenoxy) is 2. The number of thiazole rings is 1. The average Bonchev–Trinajstić information content (AvgIpc) is 3.36. The number of hydrogen-bond acceptors (Lipinski definition) is 9. The van der Waals surface area contributed by atoms with Crippen LogP contribution in [-0.2, 0) is 19.1 Å². The van der Waals surface area contributed by atoms with Gasteiger partial charge in [0.15, 0.2) is 16.7 Å². The zero-order valence-corrected chi connectivity index (χ0v) is 20.6. The Morgan fingerprint density at radius 3 is 2.73 bits per heavy atom. The highest BCUT2D eigenvalue weighted by molar-refractivity contribution is 7.11. The molecular formula is C25H24F2N4O5S. The quantitative estimate of drug-likeness (QED) is 0.425. The molecule has 1 aliphatic carbocycles. The molecule has 4 heterocycles. The van der Waals surface area contributed by atoms with Crippen molar-refractivity contribution in [2.24, 2.45) is 16.8 Å². The van der Waals surface area contributed by atoms with Gasteiger partial charge in [-0.2, -0.15) is 4.39 Å². The van der Waals surface area contributed by atoms with Crippen LogP contribution in [0.5, 0.6) is 0 Å². The number of rotatable bonds is 6. The van der Waals surface area contributed by atoms with E-state index in [4.69, 9.17) is 14.5 Å². The predicted molar refractivity (Wildman–Crippen MR) is 130 cm³/mol. The van der Waals surface area contributed by atoms with E-state index in [1.54, 1.807) is 11.6 Å². The number of aliphatic carboxylic acids is 1. The molecular weight excluding hydrogens is 506 g/mol. The van der Waals surface area contributed by atoms with Gasteiger partial charge in [-0.25, -0.2) is 14.2 Å². The summed E-state index contributed by atoms with van der Waals surface area (Å²) in [5.41, 5.74) is 0.685. The number of hydrogen-bond donors (Lipinski definition) is 2. The SMILES string of the molecule is COC(=O)C1=C(CN2C3COCC2CC(C(=O)O)C3)NC(c2nccs2)=NC1C1C#CC(F)=C(F)C=C1. The third-order valence-electron chi connectivity index (χ3n) is 6.91. The molecule has 4 unspecified atom stereocenters. The van der Waals surface area contributed by atoms with Crippen molar-refractivity contribution < 1.29 is 33.0 Å². The molecule has 0 radical (unpaired) electrons. The lowest BCUT2D eigenvalue weighted by molar-refractivity contribution is -0.150. The van der Waals surface area contributed by atoms with Crippen molar-refractivity contribution in [1.29, 1.82) is 0 Å². The maximum Gasteiger partial charge on any atom is 0.337 e. The van der Waals surface area contributed by atoms with Gasteiger partial charge >= 0.3 is 11.9 Å². The number of fused-ring (bicyclic) bond motifs is 2. The summed E-state index contributed by atoms with van der Waals surface area (Å²) in [4.78, 5) is 36.0. The Morgan fingerprint density at radius 2 is 2.08 bits per heavy atom. The summed E-state index contributed by atoms with van der Waals surface area (Å²) < 4.78 is 38.6. The number of nitrogens with one attached hydrogen (secondary N) is 1. The van der Waals surface area contributed by atoms with Crippen molar-refractivity contribution in [3.8, 4) is 11.8 Å². The number of aliphatic imine (C=N–C) groups is 1. The number of allylic oxidation sites excluding steroid dienone is 3. The van der Waals surface area contributed by atoms with E-state index >= 15 is 0 Å². The molecule has 4 aliphatic rings. The second-order valence-electron chi connectivity index (χ2n) is 9.11. The van der Waals surface area contributed by atoms with Gasteiger partial charge in [-0.05, 0) is 24.8 Å². The zero-order valence-electron chi connectivity index (χ0n) is 19.8. The van der Waals surface area contributed by atoms with Gasteiger partial charge in [0.25, 0.3) is 0 Å². The van der Waals surface area contributed by atoms with Crippen molar-refractivity contribution in [3.05, 3.63) is 51.7 Å². The van der Waals surface area contributed by atoms with E-state index in [0.717, 1.165) is 6.08 Å². The molecule has 1 aromatic rings. The fourth-order valence-corrected chi connectivity index (χ4v) is 5.73. The predicted octanol–water partition coefficient (Wildman–Crippen LogP) is 2.19. The van der Waals surface area contributed by atoms with Crippen molar-refractivity contribution in [2.75, 3.05) is 26.9 Å². The third-order valence-corrected chi connectivity index (χ3v) is 7.69. The largest absolute Gasteiger partial charge is 0.481 e. The van der Waals surface area contributed by atoms with Crippen LogP contribution in [0.25, 0.3) is 0 Å². The van der Waals surface area contributed by atoms with Crippen LogP contribution in [-0.4, -0.2) is 77.8 Å². The fraction of sp³-hybridized carbons (Fsp3) is 0.440. The van der Waals surface area contributed by atoms with E-state index in [0.29, 0.717) is 42.6 Å². The molecule has 5 rings (SSSR count). The Balaban J connectivity index is 1.55. The second kappa shape index (κ2) is 10.5. The number of piperidine rings is 1. The van der Waals surface area contributed by atoms with Gasteiger partial charge in [0.05, 0.1) is 37.7 Å². The van der Waals surface area contributed by atoms with E-state index in [2.05, 4.69) is 27.0 Å². The summed E-state index contributed by atoms with van der Waals surface area (Å²) >= 11 is 1.34. The van der Waals surface area contributed by atoms with Crippen LogP contribution < -0.4 is 5.32 Å². The van der Waals surface area contributed by atoms with E-state index < -0.39 is 41.5 Å². The number of carbonyl (C=O) groups excluding carboxylic acids is 1. The highest BCUT2D eigenvalue weighted by Gasteiger charge is 2.43. The standard InChI is InChI=1S/C25H24F2N4O5S/c1-35-25(34)20-19(10-31-15-8-14(24(32)33)9-16(31)12-36-11-15)29-22(23-28-6-7-37-23)30-21(20)13-2-4-17(26)18(27)5-3-13/h2,4,6-7,13-16,21H,8-12H2,1H3,(H,29,30)(H,32,33). The summed E-state index contributed by atoms with van der Waals surface area (Å²) in [5.74, 6) is 0.229. The molecule has 0 aromatic carbocycles. The van der Waals surface area contributed by atoms with Crippen LogP contribution in [0.2, 0.25) is 0 Å². The van der Waals surface area contributed by atoms with Gasteiger partial charge in [0.2, 0.25) is 5.83 Å². The molecule has 0 spiro atoms. The van der Waals surface area contributed by atoms with E-state index in [9.17, 15) is 23.5 Å². The number of halogens is 2. The molecule has 37 heavy (non-hydrogen) atoms. The van der Waals surface area contributed by atoms with Crippen LogP contribution in [0.1, 0.15) is 17.8 Å². The summed E-state index contributed by atoms with van der Waals surface area (Å²) in [7, 11) is 1.25. The Kier molecular flexibility index (Phi) is 7.19. The van der Waals surface area contributed by atoms with E-state index in [1.807, 2.05) is 0 Å². The maximum atomic E-state index is 13.9. The maximum absolute atomic E-state index is 13.9. The van der Waals surface area contributed by atoms with E-state index in [1.165, 1.54) is 24.5 Å². The molecule has 0 saturated carbocycles. The highest BCUT2D eigenvalue weighted by atomic mass is 32.1. The number of nitrogens with zero attached hydrogens (tertiary/aromatic N) is 3. The lowest BCUT2D eigenvalue weighted by Gasteiger charge is -2.48. The summed E-state index contributed by atoms with van der Waals surface area (Å²) in [6.07, 6.45) is 4.82. The van der Waals surface area contributed by atoms with Crippen LogP contribution in [0.4, 0.5) is 8.78 Å². The number of methoxy groups -OCH3 is 1. The highest BCUT2D eigenvalue weighted by Crippen LogP contribution is 2.34. The second-order valence-corrected chi connectivity index (χ2v) is 10.0. The van der Waals surface area contributed by atoms with Crippen LogP contribution in [0, 0.1) is 23.7 Å². The van der Waals surface area contributed by atoms with Gasteiger partial charge in [0.1, 0.15) is 6.04 Å².